The van der Waals surface area contributed by atoms with Crippen molar-refractivity contribution in [2.75, 3.05) is 13.3 Å². The highest BCUT2D eigenvalue weighted by molar-refractivity contribution is 9.11. The number of thioether (sulfide) groups is 1. The zero-order valence-electron chi connectivity index (χ0n) is 11.0. The number of hydrogen-bond acceptors (Lipinski definition) is 3. The Morgan fingerprint density at radius 2 is 2.15 bits per heavy atom. The third-order valence-electron chi connectivity index (χ3n) is 2.77. The molecule has 0 fully saturated rings. The lowest BCUT2D eigenvalue weighted by Crippen LogP contribution is -2.26. The summed E-state index contributed by atoms with van der Waals surface area (Å²) in [4.78, 5) is 16.3. The van der Waals surface area contributed by atoms with Crippen LogP contribution >= 0.6 is 50.6 Å². The molecule has 0 N–H and O–H groups in total. The average Bonchev–Trinajstić information content (AvgIpc) is 2.84. The SMILES string of the molecule is CSc1ccc(Cl)c(C(=O)N(C)Cc2ccc(Br)s2)c1. The van der Waals surface area contributed by atoms with E-state index in [0.29, 0.717) is 17.1 Å². The van der Waals surface area contributed by atoms with Gasteiger partial charge >= 0.3 is 0 Å². The molecule has 0 saturated carbocycles. The largest absolute Gasteiger partial charge is 0.337 e. The van der Waals surface area contributed by atoms with Gasteiger partial charge in [0, 0.05) is 16.8 Å². The van der Waals surface area contributed by atoms with E-state index in [2.05, 4.69) is 15.9 Å². The van der Waals surface area contributed by atoms with Gasteiger partial charge in [-0.3, -0.25) is 4.79 Å². The number of carbonyl (C=O) groups excluding carboxylic acids is 1. The molecule has 1 aromatic heterocycles. The van der Waals surface area contributed by atoms with Gasteiger partial charge in [0.1, 0.15) is 0 Å². The molecule has 0 radical (unpaired) electrons. The highest BCUT2D eigenvalue weighted by Crippen LogP contribution is 2.26. The van der Waals surface area contributed by atoms with Crippen LogP contribution in [0.1, 0.15) is 15.2 Å². The summed E-state index contributed by atoms with van der Waals surface area (Å²) >= 11 is 12.8. The van der Waals surface area contributed by atoms with E-state index in [1.807, 2.05) is 30.5 Å². The minimum Gasteiger partial charge on any atom is -0.337 e. The van der Waals surface area contributed by atoms with E-state index < -0.39 is 0 Å². The Labute approximate surface area is 140 Å². The average molecular weight is 391 g/mol. The molecular formula is C14H13BrClNOS2. The Morgan fingerprint density at radius 3 is 2.75 bits per heavy atom. The van der Waals surface area contributed by atoms with Crippen LogP contribution in [-0.4, -0.2) is 24.1 Å². The van der Waals surface area contributed by atoms with E-state index in [-0.39, 0.29) is 5.91 Å². The molecule has 0 aliphatic carbocycles. The van der Waals surface area contributed by atoms with Crippen molar-refractivity contribution in [1.29, 1.82) is 0 Å². The Kier molecular flexibility index (Phi) is 5.55. The minimum absolute atomic E-state index is 0.0598. The van der Waals surface area contributed by atoms with Gasteiger partial charge in [-0.2, -0.15) is 0 Å². The Balaban J connectivity index is 2.17. The van der Waals surface area contributed by atoms with Crippen molar-refractivity contribution in [2.45, 2.75) is 11.4 Å². The third kappa shape index (κ3) is 3.79. The van der Waals surface area contributed by atoms with Crippen LogP contribution in [0.2, 0.25) is 5.02 Å². The second-order valence-corrected chi connectivity index (χ2v) is 8.05. The molecule has 2 rings (SSSR count). The first-order valence-electron chi connectivity index (χ1n) is 5.84. The lowest BCUT2D eigenvalue weighted by atomic mass is 10.2. The zero-order chi connectivity index (χ0) is 14.7. The molecule has 1 heterocycles. The van der Waals surface area contributed by atoms with Crippen LogP contribution < -0.4 is 0 Å². The molecule has 6 heteroatoms. The summed E-state index contributed by atoms with van der Waals surface area (Å²) in [6, 6.07) is 9.53. The molecule has 106 valence electrons. The van der Waals surface area contributed by atoms with E-state index in [4.69, 9.17) is 11.6 Å². The molecule has 0 aliphatic rings. The Hall–Kier alpha value is -0.490. The Bertz CT molecular complexity index is 629. The summed E-state index contributed by atoms with van der Waals surface area (Å²) in [7, 11) is 1.79. The maximum absolute atomic E-state index is 12.5. The molecule has 0 unspecified atom stereocenters. The van der Waals surface area contributed by atoms with Gasteiger partial charge in [-0.05, 0) is 52.5 Å². The number of amides is 1. The van der Waals surface area contributed by atoms with Crippen LogP contribution in [-0.2, 0) is 6.54 Å². The van der Waals surface area contributed by atoms with E-state index in [1.54, 1.807) is 41.1 Å². The quantitative estimate of drug-likeness (QED) is 0.672. The number of hydrogen-bond donors (Lipinski definition) is 0. The lowest BCUT2D eigenvalue weighted by Gasteiger charge is -2.17. The number of halogens is 2. The molecule has 0 bridgehead atoms. The van der Waals surface area contributed by atoms with Gasteiger partial charge in [0.05, 0.1) is 20.9 Å². The van der Waals surface area contributed by atoms with E-state index in [9.17, 15) is 4.79 Å². The topological polar surface area (TPSA) is 20.3 Å². The molecule has 0 aliphatic heterocycles. The fourth-order valence-corrected chi connectivity index (χ4v) is 3.92. The first-order chi connectivity index (χ1) is 9.51. The summed E-state index contributed by atoms with van der Waals surface area (Å²) in [5.41, 5.74) is 0.552. The van der Waals surface area contributed by atoms with Crippen LogP contribution in [0.25, 0.3) is 0 Å². The summed E-state index contributed by atoms with van der Waals surface area (Å²) < 4.78 is 1.07. The van der Waals surface area contributed by atoms with Crippen LogP contribution in [0.5, 0.6) is 0 Å². The van der Waals surface area contributed by atoms with Gasteiger partial charge in [-0.25, -0.2) is 0 Å². The molecular weight excluding hydrogens is 378 g/mol. The first kappa shape index (κ1) is 15.9. The van der Waals surface area contributed by atoms with Gasteiger partial charge in [0.25, 0.3) is 5.91 Å². The van der Waals surface area contributed by atoms with Gasteiger partial charge in [0.15, 0.2) is 0 Å². The smallest absolute Gasteiger partial charge is 0.255 e. The van der Waals surface area contributed by atoms with Gasteiger partial charge in [0.2, 0.25) is 0 Å². The van der Waals surface area contributed by atoms with Crippen molar-refractivity contribution in [3.8, 4) is 0 Å². The van der Waals surface area contributed by atoms with Crippen molar-refractivity contribution in [2.24, 2.45) is 0 Å². The summed E-state index contributed by atoms with van der Waals surface area (Å²) in [6.45, 7) is 0.578. The van der Waals surface area contributed by atoms with Crippen molar-refractivity contribution in [1.82, 2.24) is 4.90 Å². The van der Waals surface area contributed by atoms with Crippen molar-refractivity contribution >= 4 is 56.5 Å². The molecule has 20 heavy (non-hydrogen) atoms. The molecule has 0 spiro atoms. The number of rotatable bonds is 4. The standard InChI is InChI=1S/C14H13BrClNOS2/c1-17(8-10-4-6-13(15)20-10)14(18)11-7-9(19-2)3-5-12(11)16/h3-7H,8H2,1-2H3. The second kappa shape index (κ2) is 6.98. The zero-order valence-corrected chi connectivity index (χ0v) is 15.0. The van der Waals surface area contributed by atoms with Crippen LogP contribution in [0, 0.1) is 0 Å². The number of benzene rings is 1. The predicted molar refractivity (Wildman–Crippen MR) is 91.0 cm³/mol. The highest BCUT2D eigenvalue weighted by atomic mass is 79.9. The van der Waals surface area contributed by atoms with Crippen LogP contribution in [0.3, 0.4) is 0 Å². The van der Waals surface area contributed by atoms with Gasteiger partial charge in [-0.15, -0.1) is 23.1 Å². The normalized spacial score (nSPS) is 10.6. The van der Waals surface area contributed by atoms with E-state index in [0.717, 1.165) is 13.6 Å². The fraction of sp³-hybridized carbons (Fsp3) is 0.214. The number of carbonyl (C=O) groups is 1. The molecule has 0 saturated heterocycles. The third-order valence-corrected chi connectivity index (χ3v) is 5.44. The molecule has 1 amide bonds. The van der Waals surface area contributed by atoms with Crippen molar-refractivity contribution < 1.29 is 4.79 Å². The molecule has 1 aromatic carbocycles. The summed E-state index contributed by atoms with van der Waals surface area (Å²) in [5, 5.41) is 0.493. The predicted octanol–water partition coefficient (Wildman–Crippen LogP) is 5.16. The van der Waals surface area contributed by atoms with Gasteiger partial charge in [-0.1, -0.05) is 11.6 Å². The Morgan fingerprint density at radius 1 is 1.40 bits per heavy atom. The molecule has 0 atom stereocenters. The number of nitrogens with zero attached hydrogens (tertiary/aromatic N) is 1. The monoisotopic (exact) mass is 389 g/mol. The summed E-state index contributed by atoms with van der Waals surface area (Å²) in [6.07, 6.45) is 1.98. The van der Waals surface area contributed by atoms with Crippen molar-refractivity contribution in [3.63, 3.8) is 0 Å². The maximum Gasteiger partial charge on any atom is 0.255 e. The number of thiophene rings is 1. The lowest BCUT2D eigenvalue weighted by molar-refractivity contribution is 0.0786. The molecule has 2 aromatic rings. The van der Waals surface area contributed by atoms with E-state index >= 15 is 0 Å². The molecule has 2 nitrogen and oxygen atoms in total. The summed E-state index contributed by atoms with van der Waals surface area (Å²) in [5.74, 6) is -0.0598. The first-order valence-corrected chi connectivity index (χ1v) is 9.05. The van der Waals surface area contributed by atoms with Crippen molar-refractivity contribution in [3.05, 3.63) is 49.6 Å². The second-order valence-electron chi connectivity index (χ2n) is 4.21. The van der Waals surface area contributed by atoms with Gasteiger partial charge < -0.3 is 4.90 Å². The fourth-order valence-electron chi connectivity index (χ4n) is 1.74. The van der Waals surface area contributed by atoms with Crippen LogP contribution in [0.4, 0.5) is 0 Å². The van der Waals surface area contributed by atoms with E-state index in [1.165, 1.54) is 0 Å². The van der Waals surface area contributed by atoms with Crippen LogP contribution in [0.15, 0.2) is 39.0 Å². The minimum atomic E-state index is -0.0598. The maximum atomic E-state index is 12.5. The highest BCUT2D eigenvalue weighted by Gasteiger charge is 2.16.